The third-order valence-corrected chi connectivity index (χ3v) is 7.90. The van der Waals surface area contributed by atoms with Crippen LogP contribution in [-0.4, -0.2) is 78.1 Å². The summed E-state index contributed by atoms with van der Waals surface area (Å²) in [5.74, 6) is -2.04. The van der Waals surface area contributed by atoms with Crippen molar-refractivity contribution in [2.24, 2.45) is 16.9 Å². The fourth-order valence-electron chi connectivity index (χ4n) is 5.14. The predicted octanol–water partition coefficient (Wildman–Crippen LogP) is 3.79. The number of hydrogen-bond donors (Lipinski definition) is 4. The van der Waals surface area contributed by atoms with E-state index >= 15 is 0 Å². The van der Waals surface area contributed by atoms with Crippen LogP contribution in [0.2, 0.25) is 0 Å². The second kappa shape index (κ2) is 19.5. The number of nitrogens with one attached hydrogen (secondary N) is 1. The number of nitrogens with two attached hydrogens (primary N) is 2. The Morgan fingerprint density at radius 2 is 1.44 bits per heavy atom. The second-order valence-electron chi connectivity index (χ2n) is 12.6. The van der Waals surface area contributed by atoms with Crippen molar-refractivity contribution in [1.82, 2.24) is 10.2 Å². The highest BCUT2D eigenvalue weighted by Gasteiger charge is 2.43. The predicted molar refractivity (Wildman–Crippen MR) is 185 cm³/mol. The van der Waals surface area contributed by atoms with E-state index in [0.29, 0.717) is 43.4 Å². The first kappa shape index (κ1) is 42.6. The van der Waals surface area contributed by atoms with E-state index in [9.17, 15) is 24.3 Å². The zero-order chi connectivity index (χ0) is 33.9. The van der Waals surface area contributed by atoms with Gasteiger partial charge in [-0.1, -0.05) is 87.9 Å². The fourth-order valence-corrected chi connectivity index (χ4v) is 5.14. The van der Waals surface area contributed by atoms with Crippen molar-refractivity contribution in [3.8, 4) is 0 Å². The smallest absolute Gasteiger partial charge is 0.412 e. The summed E-state index contributed by atoms with van der Waals surface area (Å²) in [4.78, 5) is 53.4. The number of aliphatic hydroxyl groups is 1. The monoisotopic (exact) mass is 712 g/mol. The van der Waals surface area contributed by atoms with Crippen molar-refractivity contribution in [2.75, 3.05) is 19.6 Å². The number of ether oxygens (including phenoxy) is 3. The Balaban J connectivity index is 0.00000576. The van der Waals surface area contributed by atoms with Crippen molar-refractivity contribution in [2.45, 2.75) is 89.9 Å². The maximum atomic E-state index is 13.4. The first-order valence-corrected chi connectivity index (χ1v) is 15.7. The van der Waals surface area contributed by atoms with Gasteiger partial charge >= 0.3 is 18.0 Å². The van der Waals surface area contributed by atoms with Crippen LogP contribution in [0.3, 0.4) is 0 Å². The molecule has 12 nitrogen and oxygen atoms in total. The van der Waals surface area contributed by atoms with Crippen LogP contribution in [0.5, 0.6) is 0 Å². The Bertz CT molecular complexity index is 1270. The summed E-state index contributed by atoms with van der Waals surface area (Å²) in [6.07, 6.45) is 0.0189. The van der Waals surface area contributed by atoms with E-state index in [0.717, 1.165) is 6.42 Å². The topological polar surface area (TPSA) is 184 Å². The van der Waals surface area contributed by atoms with Gasteiger partial charge in [-0.25, -0.2) is 14.4 Å². The molecule has 1 saturated heterocycles. The minimum absolute atomic E-state index is 0. The molecule has 268 valence electrons. The normalized spacial score (nSPS) is 15.4. The first-order chi connectivity index (χ1) is 21.8. The summed E-state index contributed by atoms with van der Waals surface area (Å²) in [6, 6.07) is 15.4. The maximum absolute atomic E-state index is 13.4. The minimum atomic E-state index is -2.00. The highest BCUT2D eigenvalue weighted by atomic mass is 35.5. The average Bonchev–Trinajstić information content (AvgIpc) is 3.03. The molecule has 2 aromatic rings. The van der Waals surface area contributed by atoms with E-state index in [1.165, 1.54) is 11.8 Å². The fraction of sp³-hybridized carbons (Fsp3) is 0.529. The van der Waals surface area contributed by atoms with E-state index in [1.807, 2.05) is 0 Å². The highest BCUT2D eigenvalue weighted by Crippen LogP contribution is 2.32. The van der Waals surface area contributed by atoms with Gasteiger partial charge in [-0.15, -0.1) is 24.8 Å². The van der Waals surface area contributed by atoms with Crippen LogP contribution in [-0.2, 0) is 34.2 Å². The molecule has 1 fully saturated rings. The average molecular weight is 714 g/mol. The summed E-state index contributed by atoms with van der Waals surface area (Å²) in [7, 11) is 0. The summed E-state index contributed by atoms with van der Waals surface area (Å²) in [5, 5.41) is 14.3. The number of rotatable bonds is 13. The molecule has 1 aliphatic rings. The molecular weight excluding hydrogens is 663 g/mol. The van der Waals surface area contributed by atoms with Crippen LogP contribution >= 0.6 is 24.8 Å². The number of unbranched alkanes of at least 4 members (excludes halogenated alkanes) is 1. The Morgan fingerprint density at radius 1 is 0.917 bits per heavy atom. The third-order valence-electron chi connectivity index (χ3n) is 7.90. The van der Waals surface area contributed by atoms with E-state index in [1.54, 1.807) is 81.4 Å². The SMILES string of the molecule is CC(OC(=O)[C@H](NC(=O)[C@@H](N)CCCCN)C(C)(C)C)OC(=O)N1CCC(OC(=O)C(O)(c2ccccc2)c2ccccc2)CC1.Cl.Cl. The summed E-state index contributed by atoms with van der Waals surface area (Å²) >= 11 is 0. The number of benzene rings is 2. The number of carbonyl (C=O) groups is 4. The molecular formula is C34H50Cl2N4O8. The number of esters is 2. The molecule has 14 heteroatoms. The molecule has 0 aromatic heterocycles. The van der Waals surface area contributed by atoms with E-state index in [-0.39, 0.29) is 37.9 Å². The van der Waals surface area contributed by atoms with Crippen LogP contribution in [0, 0.1) is 5.41 Å². The van der Waals surface area contributed by atoms with Gasteiger partial charge < -0.3 is 41.0 Å². The molecule has 0 radical (unpaired) electrons. The summed E-state index contributed by atoms with van der Waals surface area (Å²) < 4.78 is 16.5. The molecule has 1 heterocycles. The van der Waals surface area contributed by atoms with Gasteiger partial charge in [0, 0.05) is 32.9 Å². The highest BCUT2D eigenvalue weighted by molar-refractivity contribution is 5.88. The van der Waals surface area contributed by atoms with Gasteiger partial charge in [0.25, 0.3) is 0 Å². The van der Waals surface area contributed by atoms with Crippen LogP contribution in [0.4, 0.5) is 4.79 Å². The molecule has 0 saturated carbocycles. The quantitative estimate of drug-likeness (QED) is 0.135. The van der Waals surface area contributed by atoms with Crippen LogP contribution in [0.15, 0.2) is 60.7 Å². The van der Waals surface area contributed by atoms with Crippen molar-refractivity contribution >= 4 is 48.8 Å². The summed E-state index contributed by atoms with van der Waals surface area (Å²) in [6.45, 7) is 7.66. The second-order valence-corrected chi connectivity index (χ2v) is 12.6. The number of nitrogens with zero attached hydrogens (tertiary/aromatic N) is 1. The molecule has 6 N–H and O–H groups in total. The van der Waals surface area contributed by atoms with Crippen LogP contribution in [0.25, 0.3) is 0 Å². The molecule has 0 bridgehead atoms. The van der Waals surface area contributed by atoms with Crippen LogP contribution in [0.1, 0.15) is 70.9 Å². The number of piperidine rings is 1. The Hall–Kier alpha value is -3.42. The van der Waals surface area contributed by atoms with Gasteiger partial charge in [-0.2, -0.15) is 0 Å². The van der Waals surface area contributed by atoms with Gasteiger partial charge in [0.1, 0.15) is 12.1 Å². The molecule has 0 aliphatic carbocycles. The number of hydrogen-bond acceptors (Lipinski definition) is 10. The number of halogens is 2. The molecule has 48 heavy (non-hydrogen) atoms. The lowest BCUT2D eigenvalue weighted by Crippen LogP contribution is -2.54. The Labute approximate surface area is 295 Å². The van der Waals surface area contributed by atoms with E-state index < -0.39 is 59.4 Å². The Kier molecular flexibility index (Phi) is 17.3. The summed E-state index contributed by atoms with van der Waals surface area (Å²) in [5.41, 5.74) is 9.55. The van der Waals surface area contributed by atoms with Crippen LogP contribution < -0.4 is 16.8 Å². The minimum Gasteiger partial charge on any atom is -0.460 e. The van der Waals surface area contributed by atoms with E-state index in [2.05, 4.69) is 5.32 Å². The van der Waals surface area contributed by atoms with Gasteiger partial charge in [0.15, 0.2) is 0 Å². The largest absolute Gasteiger partial charge is 0.460 e. The molecule has 2 amide bonds. The van der Waals surface area contributed by atoms with Crippen molar-refractivity contribution < 1.29 is 38.5 Å². The third kappa shape index (κ3) is 11.6. The van der Waals surface area contributed by atoms with Crippen molar-refractivity contribution in [1.29, 1.82) is 0 Å². The van der Waals surface area contributed by atoms with Gasteiger partial charge in [-0.3, -0.25) is 4.79 Å². The number of likely N-dealkylation sites (tertiary alicyclic amines) is 1. The maximum Gasteiger partial charge on any atom is 0.412 e. The lowest BCUT2D eigenvalue weighted by atomic mass is 9.86. The van der Waals surface area contributed by atoms with Gasteiger partial charge in [0.2, 0.25) is 17.8 Å². The number of amides is 2. The van der Waals surface area contributed by atoms with Gasteiger partial charge in [0.05, 0.1) is 6.04 Å². The molecule has 2 aromatic carbocycles. The zero-order valence-electron chi connectivity index (χ0n) is 28.0. The standard InChI is InChI=1S/C34H48N4O8.2ClH/c1-23(44-30(40)28(33(2,3)4)37-29(39)27(36)17-11-12-20-35)45-32(42)38-21-18-26(19-22-38)46-31(41)34(43,24-13-7-5-8-14-24)25-15-9-6-10-16-25;;/h5-10,13-16,23,26-28,43H,11-12,17-22,35-36H2,1-4H3,(H,37,39);2*1H/t23?,27-,28-;;/m0../s1. The molecule has 3 rings (SSSR count). The first-order valence-electron chi connectivity index (χ1n) is 15.7. The van der Waals surface area contributed by atoms with E-state index in [4.69, 9.17) is 25.7 Å². The Morgan fingerprint density at radius 3 is 1.92 bits per heavy atom. The molecule has 3 atom stereocenters. The van der Waals surface area contributed by atoms with Crippen molar-refractivity contribution in [3.63, 3.8) is 0 Å². The van der Waals surface area contributed by atoms with Crippen molar-refractivity contribution in [3.05, 3.63) is 71.8 Å². The molecule has 0 spiro atoms. The lowest BCUT2D eigenvalue weighted by molar-refractivity contribution is -0.173. The number of carbonyl (C=O) groups excluding carboxylic acids is 4. The zero-order valence-corrected chi connectivity index (χ0v) is 29.6. The lowest BCUT2D eigenvalue weighted by Gasteiger charge is -2.34. The molecule has 1 unspecified atom stereocenters. The molecule has 1 aliphatic heterocycles. The van der Waals surface area contributed by atoms with Gasteiger partial charge in [-0.05, 0) is 35.9 Å².